The monoisotopic (exact) mass is 449 g/mol. The molecule has 8 heteroatoms. The zero-order valence-corrected chi connectivity index (χ0v) is 19.6. The fraction of sp³-hybridized carbons (Fsp3) is 0.417. The number of hydrogen-bond donors (Lipinski definition) is 0. The van der Waals surface area contributed by atoms with Gasteiger partial charge in [0.05, 0.1) is 27.8 Å². The molecular weight excluding hydrogens is 422 g/mol. The van der Waals surface area contributed by atoms with Gasteiger partial charge in [-0.05, 0) is 52.7 Å². The minimum Gasteiger partial charge on any atom is -0.466 e. The van der Waals surface area contributed by atoms with Crippen LogP contribution >= 0.6 is 11.3 Å². The van der Waals surface area contributed by atoms with E-state index in [0.29, 0.717) is 18.0 Å². The van der Waals surface area contributed by atoms with Crippen molar-refractivity contribution in [2.75, 3.05) is 13.1 Å². The summed E-state index contributed by atoms with van der Waals surface area (Å²) < 4.78 is 7.63. The largest absolute Gasteiger partial charge is 0.466 e. The predicted molar refractivity (Wildman–Crippen MR) is 125 cm³/mol. The summed E-state index contributed by atoms with van der Waals surface area (Å²) in [4.78, 5) is 25.2. The molecule has 0 radical (unpaired) electrons. The van der Waals surface area contributed by atoms with E-state index in [-0.39, 0.29) is 11.9 Å². The highest BCUT2D eigenvalue weighted by Crippen LogP contribution is 2.33. The van der Waals surface area contributed by atoms with Crippen molar-refractivity contribution in [1.29, 1.82) is 0 Å². The molecule has 4 aromatic rings. The Morgan fingerprint density at radius 2 is 2.12 bits per heavy atom. The third kappa shape index (κ3) is 3.62. The van der Waals surface area contributed by atoms with Gasteiger partial charge < -0.3 is 9.32 Å². The van der Waals surface area contributed by atoms with Crippen molar-refractivity contribution in [3.05, 3.63) is 52.0 Å². The number of carbonyl (C=O) groups is 1. The van der Waals surface area contributed by atoms with Crippen LogP contribution in [0.25, 0.3) is 22.3 Å². The SMILES string of the molecule is Cc1cc(-c2cc(C(=O)N3CCCC(c4nccs4)C3)c3cnn(C(C)C)c3n2)c(C)o1. The molecule has 7 nitrogen and oxygen atoms in total. The molecule has 0 aromatic carbocycles. The minimum atomic E-state index is 0.0288. The number of aromatic nitrogens is 4. The molecule has 0 spiro atoms. The smallest absolute Gasteiger partial charge is 0.254 e. The number of hydrogen-bond acceptors (Lipinski definition) is 6. The number of rotatable bonds is 4. The lowest BCUT2D eigenvalue weighted by molar-refractivity contribution is 0.0709. The van der Waals surface area contributed by atoms with Crippen LogP contribution in [0.3, 0.4) is 0 Å². The number of pyridine rings is 1. The highest BCUT2D eigenvalue weighted by Gasteiger charge is 2.29. The first-order valence-electron chi connectivity index (χ1n) is 11.1. The third-order valence-corrected chi connectivity index (χ3v) is 7.05. The van der Waals surface area contributed by atoms with Crippen LogP contribution < -0.4 is 0 Å². The zero-order chi connectivity index (χ0) is 22.4. The molecule has 0 N–H and O–H groups in total. The van der Waals surface area contributed by atoms with Gasteiger partial charge in [0.15, 0.2) is 5.65 Å². The molecule has 0 saturated carbocycles. The second kappa shape index (κ2) is 8.16. The fourth-order valence-corrected chi connectivity index (χ4v) is 5.33. The Balaban J connectivity index is 1.59. The van der Waals surface area contributed by atoms with Gasteiger partial charge in [0.1, 0.15) is 11.5 Å². The molecule has 32 heavy (non-hydrogen) atoms. The van der Waals surface area contributed by atoms with E-state index >= 15 is 0 Å². The maximum absolute atomic E-state index is 13.8. The van der Waals surface area contributed by atoms with Crippen LogP contribution in [-0.2, 0) is 0 Å². The Morgan fingerprint density at radius 1 is 1.28 bits per heavy atom. The van der Waals surface area contributed by atoms with Crippen LogP contribution in [0.4, 0.5) is 0 Å². The lowest BCUT2D eigenvalue weighted by Crippen LogP contribution is -2.39. The number of carbonyl (C=O) groups excluding carboxylic acids is 1. The van der Waals surface area contributed by atoms with Crippen molar-refractivity contribution >= 4 is 28.3 Å². The standard InChI is InChI=1S/C24H27N5O2S/c1-14(2)29-22-20(12-26-29)19(11-21(27-22)18-10-15(3)31-16(18)4)24(30)28-8-5-6-17(13-28)23-25-7-9-32-23/h7,9-12,14,17H,5-6,8,13H2,1-4H3. The molecule has 1 saturated heterocycles. The van der Waals surface area contributed by atoms with Crippen LogP contribution in [0, 0.1) is 13.8 Å². The lowest BCUT2D eigenvalue weighted by atomic mass is 9.97. The van der Waals surface area contributed by atoms with Crippen molar-refractivity contribution in [3.63, 3.8) is 0 Å². The molecule has 166 valence electrons. The predicted octanol–water partition coefficient (Wildman–Crippen LogP) is 5.37. The molecule has 1 aliphatic rings. The van der Waals surface area contributed by atoms with E-state index in [1.54, 1.807) is 17.5 Å². The van der Waals surface area contributed by atoms with Gasteiger partial charge in [-0.15, -0.1) is 11.3 Å². The second-order valence-electron chi connectivity index (χ2n) is 8.76. The fourth-order valence-electron chi connectivity index (χ4n) is 4.57. The van der Waals surface area contributed by atoms with Gasteiger partial charge in [-0.2, -0.15) is 5.10 Å². The highest BCUT2D eigenvalue weighted by atomic mass is 32.1. The molecule has 0 aliphatic carbocycles. The van der Waals surface area contributed by atoms with E-state index in [4.69, 9.17) is 9.40 Å². The molecule has 1 fully saturated rings. The van der Waals surface area contributed by atoms with Gasteiger partial charge in [0.25, 0.3) is 5.91 Å². The van der Waals surface area contributed by atoms with Gasteiger partial charge in [0.2, 0.25) is 0 Å². The summed E-state index contributed by atoms with van der Waals surface area (Å²) in [5, 5.41) is 8.46. The first kappa shape index (κ1) is 20.9. The van der Waals surface area contributed by atoms with Crippen LogP contribution in [0.5, 0.6) is 0 Å². The van der Waals surface area contributed by atoms with E-state index in [9.17, 15) is 4.79 Å². The number of fused-ring (bicyclic) bond motifs is 1. The maximum Gasteiger partial charge on any atom is 0.254 e. The minimum absolute atomic E-state index is 0.0288. The molecule has 0 bridgehead atoms. The second-order valence-corrected chi connectivity index (χ2v) is 9.69. The molecule has 5 rings (SSSR count). The van der Waals surface area contributed by atoms with E-state index < -0.39 is 0 Å². The average molecular weight is 450 g/mol. The van der Waals surface area contributed by atoms with Crippen LogP contribution in [0.1, 0.15) is 65.5 Å². The Hall–Kier alpha value is -3.00. The number of furan rings is 1. The summed E-state index contributed by atoms with van der Waals surface area (Å²) in [5.74, 6) is 1.94. The Kier molecular flexibility index (Phi) is 5.33. The maximum atomic E-state index is 13.8. The summed E-state index contributed by atoms with van der Waals surface area (Å²) in [6.07, 6.45) is 5.65. The van der Waals surface area contributed by atoms with Crippen molar-refractivity contribution in [2.24, 2.45) is 0 Å². The summed E-state index contributed by atoms with van der Waals surface area (Å²) >= 11 is 1.67. The average Bonchev–Trinajstić information content (AvgIpc) is 3.52. The Labute approximate surface area is 191 Å². The lowest BCUT2D eigenvalue weighted by Gasteiger charge is -2.32. The van der Waals surface area contributed by atoms with E-state index in [2.05, 4.69) is 23.9 Å². The summed E-state index contributed by atoms with van der Waals surface area (Å²) in [7, 11) is 0. The number of aryl methyl sites for hydroxylation is 2. The van der Waals surface area contributed by atoms with Gasteiger partial charge in [-0.3, -0.25) is 4.79 Å². The van der Waals surface area contributed by atoms with Gasteiger partial charge in [-0.25, -0.2) is 14.6 Å². The van der Waals surface area contributed by atoms with Gasteiger partial charge in [-0.1, -0.05) is 0 Å². The van der Waals surface area contributed by atoms with Crippen LogP contribution in [0.2, 0.25) is 0 Å². The number of thiazole rings is 1. The first-order valence-corrected chi connectivity index (χ1v) is 11.9. The van der Waals surface area contributed by atoms with Crippen molar-refractivity contribution in [2.45, 2.75) is 52.5 Å². The highest BCUT2D eigenvalue weighted by molar-refractivity contribution is 7.09. The molecule has 1 amide bonds. The summed E-state index contributed by atoms with van der Waals surface area (Å²) in [6.45, 7) is 9.43. The molecule has 5 heterocycles. The number of amides is 1. The Morgan fingerprint density at radius 3 is 2.81 bits per heavy atom. The molecule has 1 atom stereocenters. The quantitative estimate of drug-likeness (QED) is 0.419. The Bertz CT molecular complexity index is 1270. The number of nitrogens with zero attached hydrogens (tertiary/aromatic N) is 5. The normalized spacial score (nSPS) is 16.9. The number of piperidine rings is 1. The topological polar surface area (TPSA) is 77.1 Å². The zero-order valence-electron chi connectivity index (χ0n) is 18.8. The number of likely N-dealkylation sites (tertiary alicyclic amines) is 1. The van der Waals surface area contributed by atoms with Crippen LogP contribution in [-0.4, -0.2) is 43.6 Å². The van der Waals surface area contributed by atoms with Gasteiger partial charge in [0, 0.05) is 42.2 Å². The molecular formula is C24H27N5O2S. The van der Waals surface area contributed by atoms with Crippen molar-refractivity contribution in [1.82, 2.24) is 24.6 Å². The van der Waals surface area contributed by atoms with Crippen molar-refractivity contribution in [3.8, 4) is 11.3 Å². The molecule has 1 aliphatic heterocycles. The van der Waals surface area contributed by atoms with E-state index in [1.165, 1.54) is 0 Å². The summed E-state index contributed by atoms with van der Waals surface area (Å²) in [5.41, 5.74) is 3.03. The summed E-state index contributed by atoms with van der Waals surface area (Å²) in [6, 6.07) is 4.02. The third-order valence-electron chi connectivity index (χ3n) is 6.11. The van der Waals surface area contributed by atoms with Crippen LogP contribution in [0.15, 0.2) is 34.3 Å². The van der Waals surface area contributed by atoms with Gasteiger partial charge >= 0.3 is 0 Å². The van der Waals surface area contributed by atoms with E-state index in [1.807, 2.05) is 47.1 Å². The first-order chi connectivity index (χ1) is 15.4. The van der Waals surface area contributed by atoms with E-state index in [0.717, 1.165) is 58.2 Å². The molecule has 4 aromatic heterocycles. The van der Waals surface area contributed by atoms with Crippen molar-refractivity contribution < 1.29 is 9.21 Å². The molecule has 1 unspecified atom stereocenters.